The van der Waals surface area contributed by atoms with Crippen molar-refractivity contribution in [2.75, 3.05) is 18.6 Å². The van der Waals surface area contributed by atoms with Crippen LogP contribution in [0.25, 0.3) is 0 Å². The van der Waals surface area contributed by atoms with Gasteiger partial charge in [-0.3, -0.25) is 0 Å². The quantitative estimate of drug-likeness (QED) is 0.560. The molecule has 0 aromatic rings. The molecule has 0 heterocycles. The van der Waals surface area contributed by atoms with Crippen LogP contribution in [0.4, 0.5) is 0 Å². The first-order valence-electron chi connectivity index (χ1n) is 6.07. The molecular weight excluding hydrogens is 190 g/mol. The summed E-state index contributed by atoms with van der Waals surface area (Å²) in [5.41, 5.74) is 0. The third-order valence-electron chi connectivity index (χ3n) is 2.61. The number of hydrogen-bond acceptors (Lipinski definition) is 2. The van der Waals surface area contributed by atoms with Crippen molar-refractivity contribution < 1.29 is 0 Å². The lowest BCUT2D eigenvalue weighted by atomic mass is 10.1. The average molecular weight is 217 g/mol. The molecule has 0 saturated carbocycles. The first kappa shape index (κ1) is 14.3. The Morgan fingerprint density at radius 3 is 2.50 bits per heavy atom. The third-order valence-corrected chi connectivity index (χ3v) is 3.30. The van der Waals surface area contributed by atoms with Gasteiger partial charge in [0, 0.05) is 6.04 Å². The highest BCUT2D eigenvalue weighted by Gasteiger charge is 2.03. The topological polar surface area (TPSA) is 12.0 Å². The fourth-order valence-electron chi connectivity index (χ4n) is 1.58. The van der Waals surface area contributed by atoms with Gasteiger partial charge in [-0.1, -0.05) is 26.7 Å². The molecule has 86 valence electrons. The van der Waals surface area contributed by atoms with E-state index in [1.54, 1.807) is 0 Å². The van der Waals surface area contributed by atoms with E-state index in [1.165, 1.54) is 50.8 Å². The van der Waals surface area contributed by atoms with Crippen molar-refractivity contribution in [3.05, 3.63) is 0 Å². The summed E-state index contributed by atoms with van der Waals surface area (Å²) < 4.78 is 0. The van der Waals surface area contributed by atoms with Crippen LogP contribution in [-0.4, -0.2) is 24.6 Å². The fraction of sp³-hybridized carbons (Fsp3) is 1.00. The van der Waals surface area contributed by atoms with Crippen LogP contribution in [0.5, 0.6) is 0 Å². The molecule has 1 nitrogen and oxygen atoms in total. The molecule has 1 atom stereocenters. The summed E-state index contributed by atoms with van der Waals surface area (Å²) in [4.78, 5) is 0. The van der Waals surface area contributed by atoms with Gasteiger partial charge in [-0.25, -0.2) is 0 Å². The second kappa shape index (κ2) is 11.4. The molecule has 0 aliphatic heterocycles. The third kappa shape index (κ3) is 8.89. The van der Waals surface area contributed by atoms with Crippen molar-refractivity contribution in [1.29, 1.82) is 0 Å². The minimum atomic E-state index is 0.768. The molecule has 0 aliphatic rings. The Morgan fingerprint density at radius 1 is 1.14 bits per heavy atom. The van der Waals surface area contributed by atoms with Gasteiger partial charge in [0.05, 0.1) is 0 Å². The van der Waals surface area contributed by atoms with E-state index < -0.39 is 0 Å². The lowest BCUT2D eigenvalue weighted by molar-refractivity contribution is 0.448. The number of nitrogens with one attached hydrogen (secondary N) is 1. The molecule has 0 aromatic carbocycles. The van der Waals surface area contributed by atoms with E-state index in [2.05, 4.69) is 25.4 Å². The maximum atomic E-state index is 3.65. The smallest absolute Gasteiger partial charge is 0.00644 e. The fourth-order valence-corrected chi connectivity index (χ4v) is 2.07. The van der Waals surface area contributed by atoms with Gasteiger partial charge < -0.3 is 5.32 Å². The molecule has 0 saturated heterocycles. The van der Waals surface area contributed by atoms with Crippen LogP contribution in [0.2, 0.25) is 0 Å². The zero-order valence-electron chi connectivity index (χ0n) is 10.1. The Bertz CT molecular complexity index is 106. The number of hydrogen-bond donors (Lipinski definition) is 1. The van der Waals surface area contributed by atoms with Crippen LogP contribution >= 0.6 is 11.8 Å². The minimum absolute atomic E-state index is 0.768. The van der Waals surface area contributed by atoms with Crippen molar-refractivity contribution in [2.45, 2.75) is 58.4 Å². The predicted molar refractivity (Wildman–Crippen MR) is 69.2 cm³/mol. The molecule has 0 aromatic heterocycles. The van der Waals surface area contributed by atoms with Gasteiger partial charge in [-0.05, 0) is 44.2 Å². The summed E-state index contributed by atoms with van der Waals surface area (Å²) in [7, 11) is 0. The van der Waals surface area contributed by atoms with Gasteiger partial charge >= 0.3 is 0 Å². The Hall–Kier alpha value is 0.310. The van der Waals surface area contributed by atoms with E-state index in [1.807, 2.05) is 11.8 Å². The second-order valence-electron chi connectivity index (χ2n) is 3.90. The lowest BCUT2D eigenvalue weighted by Gasteiger charge is -2.16. The zero-order valence-corrected chi connectivity index (χ0v) is 11.0. The van der Waals surface area contributed by atoms with Crippen LogP contribution in [0.3, 0.4) is 0 Å². The largest absolute Gasteiger partial charge is 0.314 e. The van der Waals surface area contributed by atoms with Crippen LogP contribution < -0.4 is 5.32 Å². The normalized spacial score (nSPS) is 13.1. The van der Waals surface area contributed by atoms with E-state index >= 15 is 0 Å². The van der Waals surface area contributed by atoms with Crippen LogP contribution in [-0.2, 0) is 0 Å². The van der Waals surface area contributed by atoms with Crippen LogP contribution in [0.1, 0.15) is 52.4 Å². The highest BCUT2D eigenvalue weighted by atomic mass is 32.2. The van der Waals surface area contributed by atoms with Crippen molar-refractivity contribution in [3.63, 3.8) is 0 Å². The Morgan fingerprint density at radius 2 is 1.93 bits per heavy atom. The van der Waals surface area contributed by atoms with Crippen molar-refractivity contribution in [3.8, 4) is 0 Å². The molecule has 0 spiro atoms. The van der Waals surface area contributed by atoms with E-state index in [-0.39, 0.29) is 0 Å². The molecule has 0 aliphatic carbocycles. The monoisotopic (exact) mass is 217 g/mol. The molecule has 0 amide bonds. The number of unbranched alkanes of at least 4 members (excludes halogenated alkanes) is 2. The zero-order chi connectivity index (χ0) is 10.6. The van der Waals surface area contributed by atoms with Crippen molar-refractivity contribution in [1.82, 2.24) is 5.32 Å². The lowest BCUT2D eigenvalue weighted by Crippen LogP contribution is -2.29. The Labute approximate surface area is 94.4 Å². The van der Waals surface area contributed by atoms with Crippen molar-refractivity contribution >= 4 is 11.8 Å². The SMILES string of the molecule is CCCCC(CC)NCCCCSC. The maximum Gasteiger partial charge on any atom is 0.00644 e. The van der Waals surface area contributed by atoms with Gasteiger partial charge in [0.15, 0.2) is 0 Å². The standard InChI is InChI=1S/C12H27NS/c1-4-6-9-12(5-2)13-10-7-8-11-14-3/h12-13H,4-11H2,1-3H3. The second-order valence-corrected chi connectivity index (χ2v) is 4.89. The molecular formula is C12H27NS. The van der Waals surface area contributed by atoms with Gasteiger partial charge in [0.1, 0.15) is 0 Å². The summed E-state index contributed by atoms with van der Waals surface area (Å²) in [5.74, 6) is 1.31. The van der Waals surface area contributed by atoms with Gasteiger partial charge in [-0.2, -0.15) is 11.8 Å². The minimum Gasteiger partial charge on any atom is -0.314 e. The van der Waals surface area contributed by atoms with E-state index in [4.69, 9.17) is 0 Å². The van der Waals surface area contributed by atoms with Crippen LogP contribution in [0.15, 0.2) is 0 Å². The predicted octanol–water partition coefficient (Wildman–Crippen LogP) is 3.69. The molecule has 0 bridgehead atoms. The van der Waals surface area contributed by atoms with E-state index in [0.717, 1.165) is 6.04 Å². The Kier molecular flexibility index (Phi) is 11.6. The van der Waals surface area contributed by atoms with Crippen molar-refractivity contribution in [2.24, 2.45) is 0 Å². The molecule has 2 heteroatoms. The molecule has 0 fully saturated rings. The number of rotatable bonds is 10. The first-order valence-corrected chi connectivity index (χ1v) is 7.46. The average Bonchev–Trinajstić information content (AvgIpc) is 2.22. The summed E-state index contributed by atoms with van der Waals surface area (Å²) in [6.45, 7) is 5.77. The van der Waals surface area contributed by atoms with Gasteiger partial charge in [0.25, 0.3) is 0 Å². The molecule has 0 radical (unpaired) electrons. The first-order chi connectivity index (χ1) is 6.85. The van der Waals surface area contributed by atoms with Gasteiger partial charge in [0.2, 0.25) is 0 Å². The number of thioether (sulfide) groups is 1. The summed E-state index contributed by atoms with van der Waals surface area (Å²) in [6.07, 6.45) is 10.2. The summed E-state index contributed by atoms with van der Waals surface area (Å²) in [6, 6.07) is 0.768. The Balaban J connectivity index is 3.24. The highest BCUT2D eigenvalue weighted by Crippen LogP contribution is 2.04. The molecule has 1 N–H and O–H groups in total. The summed E-state index contributed by atoms with van der Waals surface area (Å²) >= 11 is 1.95. The van der Waals surface area contributed by atoms with Crippen LogP contribution in [0, 0.1) is 0 Å². The van der Waals surface area contributed by atoms with E-state index in [9.17, 15) is 0 Å². The van der Waals surface area contributed by atoms with E-state index in [0.29, 0.717) is 0 Å². The summed E-state index contributed by atoms with van der Waals surface area (Å²) in [5, 5.41) is 3.65. The highest BCUT2D eigenvalue weighted by molar-refractivity contribution is 7.98. The molecule has 1 unspecified atom stereocenters. The maximum absolute atomic E-state index is 3.65. The van der Waals surface area contributed by atoms with Gasteiger partial charge in [-0.15, -0.1) is 0 Å². The molecule has 14 heavy (non-hydrogen) atoms. The molecule has 0 rings (SSSR count).